The maximum Gasteiger partial charge on any atom is 0.273 e. The molecular weight excluding hydrogens is 254 g/mol. The molecule has 1 fully saturated rings. The zero-order valence-corrected chi connectivity index (χ0v) is 10.5. The molecule has 1 aromatic rings. The van der Waals surface area contributed by atoms with Gasteiger partial charge in [-0.1, -0.05) is 0 Å². The molecule has 0 spiro atoms. The summed E-state index contributed by atoms with van der Waals surface area (Å²) in [4.78, 5) is 21.4. The summed E-state index contributed by atoms with van der Waals surface area (Å²) in [5.41, 5.74) is -0.0859. The molecule has 0 heterocycles. The Kier molecular flexibility index (Phi) is 3.66. The van der Waals surface area contributed by atoms with Crippen LogP contribution in [0.4, 0.5) is 5.69 Å². The third kappa shape index (κ3) is 2.50. The van der Waals surface area contributed by atoms with Crippen molar-refractivity contribution in [2.45, 2.75) is 18.6 Å². The molecular formula is C12H13NO6. The highest BCUT2D eigenvalue weighted by Crippen LogP contribution is 2.34. The van der Waals surface area contributed by atoms with E-state index in [-0.39, 0.29) is 29.7 Å². The van der Waals surface area contributed by atoms with Gasteiger partial charge in [0.1, 0.15) is 6.10 Å². The number of rotatable bonds is 5. The maximum atomic E-state index is 11.2. The average molecular weight is 267 g/mol. The molecule has 1 saturated carbocycles. The lowest BCUT2D eigenvalue weighted by Crippen LogP contribution is -2.51. The Labute approximate surface area is 109 Å². The van der Waals surface area contributed by atoms with Gasteiger partial charge in [0.15, 0.2) is 23.4 Å². The summed E-state index contributed by atoms with van der Waals surface area (Å²) in [6.45, 7) is 0. The first kappa shape index (κ1) is 13.3. The van der Waals surface area contributed by atoms with Crippen molar-refractivity contribution in [2.24, 2.45) is 0 Å². The molecule has 1 aromatic carbocycles. The highest BCUT2D eigenvalue weighted by molar-refractivity contribution is 5.90. The number of nitrogens with zero attached hydrogens (tertiary/aromatic N) is 1. The molecule has 7 heteroatoms. The number of carbonyl (C=O) groups is 1. The lowest BCUT2D eigenvalue weighted by molar-refractivity contribution is -0.385. The van der Waals surface area contributed by atoms with Crippen LogP contribution in [0.3, 0.4) is 0 Å². The lowest BCUT2D eigenvalue weighted by atomic mass is 9.90. The number of benzene rings is 1. The van der Waals surface area contributed by atoms with Crippen molar-refractivity contribution >= 4 is 11.5 Å². The van der Waals surface area contributed by atoms with Crippen LogP contribution in [0, 0.1) is 10.1 Å². The van der Waals surface area contributed by atoms with Crippen molar-refractivity contribution in [1.29, 1.82) is 0 Å². The summed E-state index contributed by atoms with van der Waals surface area (Å²) < 4.78 is 15.6. The molecule has 0 aliphatic heterocycles. The second kappa shape index (κ2) is 5.23. The normalized spacial score (nSPS) is 21.7. The molecule has 0 N–H and O–H groups in total. The quantitative estimate of drug-likeness (QED) is 0.591. The SMILES string of the molecule is COc1cc([N+](=O)[O-])ccc1OC1CC(=O)C1OC. The van der Waals surface area contributed by atoms with Crippen LogP contribution < -0.4 is 9.47 Å². The van der Waals surface area contributed by atoms with Gasteiger partial charge in [-0.05, 0) is 6.07 Å². The minimum Gasteiger partial charge on any atom is -0.493 e. The Bertz CT molecular complexity index is 515. The molecule has 0 aromatic heterocycles. The van der Waals surface area contributed by atoms with Gasteiger partial charge in [-0.2, -0.15) is 0 Å². The van der Waals surface area contributed by atoms with Gasteiger partial charge in [-0.3, -0.25) is 14.9 Å². The maximum absolute atomic E-state index is 11.2. The fourth-order valence-corrected chi connectivity index (χ4v) is 1.89. The van der Waals surface area contributed by atoms with Crippen molar-refractivity contribution in [2.75, 3.05) is 14.2 Å². The molecule has 19 heavy (non-hydrogen) atoms. The molecule has 0 radical (unpaired) electrons. The van der Waals surface area contributed by atoms with Crippen molar-refractivity contribution in [3.8, 4) is 11.5 Å². The Morgan fingerprint density at radius 2 is 2.05 bits per heavy atom. The van der Waals surface area contributed by atoms with Gasteiger partial charge in [0, 0.05) is 19.6 Å². The number of non-ortho nitro benzene ring substituents is 1. The third-order valence-corrected chi connectivity index (χ3v) is 2.95. The minimum absolute atomic E-state index is 0.0200. The topological polar surface area (TPSA) is 87.9 Å². The number of ether oxygens (including phenoxy) is 3. The van der Waals surface area contributed by atoms with Gasteiger partial charge in [-0.15, -0.1) is 0 Å². The van der Waals surface area contributed by atoms with Crippen LogP contribution in [-0.2, 0) is 9.53 Å². The van der Waals surface area contributed by atoms with E-state index in [9.17, 15) is 14.9 Å². The summed E-state index contributed by atoms with van der Waals surface area (Å²) in [7, 11) is 2.83. The van der Waals surface area contributed by atoms with E-state index < -0.39 is 11.0 Å². The largest absolute Gasteiger partial charge is 0.493 e. The first-order valence-electron chi connectivity index (χ1n) is 5.61. The summed E-state index contributed by atoms with van der Waals surface area (Å²) in [5, 5.41) is 10.7. The molecule has 0 bridgehead atoms. The molecule has 102 valence electrons. The number of hydrogen-bond donors (Lipinski definition) is 0. The molecule has 0 amide bonds. The second-order valence-electron chi connectivity index (χ2n) is 4.08. The van der Waals surface area contributed by atoms with Crippen LogP contribution in [-0.4, -0.2) is 37.1 Å². The average Bonchev–Trinajstić information content (AvgIpc) is 2.38. The van der Waals surface area contributed by atoms with Crippen LogP contribution in [0.25, 0.3) is 0 Å². The van der Waals surface area contributed by atoms with Crippen LogP contribution in [0.2, 0.25) is 0 Å². The number of ketones is 1. The molecule has 1 aliphatic carbocycles. The van der Waals surface area contributed by atoms with Gasteiger partial charge in [0.05, 0.1) is 18.1 Å². The van der Waals surface area contributed by atoms with Crippen LogP contribution in [0.15, 0.2) is 18.2 Å². The van der Waals surface area contributed by atoms with E-state index in [1.807, 2.05) is 0 Å². The number of nitro benzene ring substituents is 1. The highest BCUT2D eigenvalue weighted by atomic mass is 16.6. The Morgan fingerprint density at radius 3 is 2.58 bits per heavy atom. The van der Waals surface area contributed by atoms with Gasteiger partial charge in [0.25, 0.3) is 5.69 Å². The first-order chi connectivity index (χ1) is 9.06. The molecule has 7 nitrogen and oxygen atoms in total. The Balaban J connectivity index is 2.16. The Hall–Kier alpha value is -2.15. The number of methoxy groups -OCH3 is 2. The van der Waals surface area contributed by atoms with Crippen molar-refractivity contribution in [3.05, 3.63) is 28.3 Å². The summed E-state index contributed by atoms with van der Waals surface area (Å²) in [5.74, 6) is 0.587. The van der Waals surface area contributed by atoms with E-state index >= 15 is 0 Å². The van der Waals surface area contributed by atoms with E-state index in [1.165, 1.54) is 32.4 Å². The monoisotopic (exact) mass is 267 g/mol. The number of Topliss-reactive ketones (excluding diaryl/α,β-unsaturated/α-hetero) is 1. The van der Waals surface area contributed by atoms with Crippen molar-refractivity contribution < 1.29 is 23.9 Å². The number of nitro groups is 1. The molecule has 2 atom stereocenters. The highest BCUT2D eigenvalue weighted by Gasteiger charge is 2.42. The van der Waals surface area contributed by atoms with Gasteiger partial charge in [-0.25, -0.2) is 0 Å². The predicted molar refractivity (Wildman–Crippen MR) is 64.5 cm³/mol. The molecule has 0 saturated heterocycles. The van der Waals surface area contributed by atoms with Crippen molar-refractivity contribution in [1.82, 2.24) is 0 Å². The molecule has 1 aliphatic rings. The molecule has 2 rings (SSSR count). The van der Waals surface area contributed by atoms with E-state index in [1.54, 1.807) is 0 Å². The first-order valence-corrected chi connectivity index (χ1v) is 5.61. The predicted octanol–water partition coefficient (Wildman–Crippen LogP) is 1.34. The summed E-state index contributed by atoms with van der Waals surface area (Å²) in [6.07, 6.45) is -0.702. The van der Waals surface area contributed by atoms with Crippen LogP contribution >= 0.6 is 0 Å². The van der Waals surface area contributed by atoms with Crippen LogP contribution in [0.1, 0.15) is 6.42 Å². The van der Waals surface area contributed by atoms with Gasteiger partial charge >= 0.3 is 0 Å². The third-order valence-electron chi connectivity index (χ3n) is 2.95. The second-order valence-corrected chi connectivity index (χ2v) is 4.08. The lowest BCUT2D eigenvalue weighted by Gasteiger charge is -2.33. The minimum atomic E-state index is -0.583. The van der Waals surface area contributed by atoms with E-state index in [2.05, 4.69) is 0 Å². The smallest absolute Gasteiger partial charge is 0.273 e. The zero-order chi connectivity index (χ0) is 14.0. The summed E-state index contributed by atoms with van der Waals surface area (Å²) >= 11 is 0. The molecule has 2 unspecified atom stereocenters. The Morgan fingerprint density at radius 1 is 1.32 bits per heavy atom. The fourth-order valence-electron chi connectivity index (χ4n) is 1.89. The fraction of sp³-hybridized carbons (Fsp3) is 0.417. The standard InChI is InChI=1S/C12H13NO6/c1-17-10-5-7(13(15)16)3-4-9(10)19-11-6-8(14)12(11)18-2/h3-5,11-12H,6H2,1-2H3. The van der Waals surface area contributed by atoms with E-state index in [0.717, 1.165) is 0 Å². The summed E-state index contributed by atoms with van der Waals surface area (Å²) in [6, 6.07) is 4.05. The van der Waals surface area contributed by atoms with Crippen LogP contribution in [0.5, 0.6) is 11.5 Å². The number of carbonyl (C=O) groups excluding carboxylic acids is 1. The van der Waals surface area contributed by atoms with Crippen molar-refractivity contribution in [3.63, 3.8) is 0 Å². The van der Waals surface area contributed by atoms with E-state index in [0.29, 0.717) is 5.75 Å². The zero-order valence-electron chi connectivity index (χ0n) is 10.5. The number of hydrogen-bond acceptors (Lipinski definition) is 6. The van der Waals surface area contributed by atoms with Gasteiger partial charge < -0.3 is 14.2 Å². The van der Waals surface area contributed by atoms with Gasteiger partial charge in [0.2, 0.25) is 0 Å². The van der Waals surface area contributed by atoms with E-state index in [4.69, 9.17) is 14.2 Å².